The predicted molar refractivity (Wildman–Crippen MR) is 78.5 cm³/mol. The molecule has 6 heteroatoms. The monoisotopic (exact) mass is 273 g/mol. The van der Waals surface area contributed by atoms with Crippen LogP contribution in [0.2, 0.25) is 0 Å². The molecule has 2 aromatic heterocycles. The van der Waals surface area contributed by atoms with E-state index in [1.807, 2.05) is 12.1 Å². The fourth-order valence-electron chi connectivity index (χ4n) is 2.47. The molecule has 106 valence electrons. The number of nitrogens with one attached hydrogen (secondary N) is 1. The third-order valence-electron chi connectivity index (χ3n) is 3.53. The van der Waals surface area contributed by atoms with Gasteiger partial charge in [-0.1, -0.05) is 0 Å². The van der Waals surface area contributed by atoms with Crippen LogP contribution in [0.25, 0.3) is 0 Å². The van der Waals surface area contributed by atoms with Crippen LogP contribution >= 0.6 is 0 Å². The molecule has 0 atom stereocenters. The highest BCUT2D eigenvalue weighted by Crippen LogP contribution is 2.28. The van der Waals surface area contributed by atoms with Crippen molar-refractivity contribution >= 4 is 17.3 Å². The third kappa shape index (κ3) is 2.68. The quantitative estimate of drug-likeness (QED) is 0.889. The summed E-state index contributed by atoms with van der Waals surface area (Å²) in [6.45, 7) is 2.59. The van der Waals surface area contributed by atoms with E-state index in [0.29, 0.717) is 18.1 Å². The Balaban J connectivity index is 1.74. The first-order valence-electron chi connectivity index (χ1n) is 6.96. The molecule has 1 saturated heterocycles. The van der Waals surface area contributed by atoms with Gasteiger partial charge in [-0.25, -0.2) is 9.97 Å². The summed E-state index contributed by atoms with van der Waals surface area (Å²) in [5.74, 6) is 2.35. The zero-order valence-corrected chi connectivity index (χ0v) is 11.4. The van der Waals surface area contributed by atoms with Crippen molar-refractivity contribution in [1.29, 1.82) is 0 Å². The number of furan rings is 1. The van der Waals surface area contributed by atoms with E-state index < -0.39 is 0 Å². The lowest BCUT2D eigenvalue weighted by molar-refractivity contribution is 0.518. The van der Waals surface area contributed by atoms with Crippen LogP contribution in [0.15, 0.2) is 29.1 Å². The molecule has 1 aliphatic rings. The zero-order chi connectivity index (χ0) is 13.8. The Morgan fingerprint density at radius 2 is 2.10 bits per heavy atom. The summed E-state index contributed by atoms with van der Waals surface area (Å²) in [6, 6.07) is 3.77. The molecule has 0 bridgehead atoms. The summed E-state index contributed by atoms with van der Waals surface area (Å²) in [6.07, 6.45) is 6.88. The molecule has 0 unspecified atom stereocenters. The van der Waals surface area contributed by atoms with Crippen molar-refractivity contribution in [2.24, 2.45) is 0 Å². The van der Waals surface area contributed by atoms with Crippen LogP contribution in [0.4, 0.5) is 17.3 Å². The highest BCUT2D eigenvalue weighted by Gasteiger charge is 2.17. The molecule has 0 amide bonds. The summed E-state index contributed by atoms with van der Waals surface area (Å²) in [4.78, 5) is 10.8. The maximum absolute atomic E-state index is 6.19. The third-order valence-corrected chi connectivity index (χ3v) is 3.53. The lowest BCUT2D eigenvalue weighted by atomic mass is 10.1. The molecule has 2 aromatic rings. The molecule has 3 N–H and O–H groups in total. The smallest absolute Gasteiger partial charge is 0.157 e. The van der Waals surface area contributed by atoms with Crippen molar-refractivity contribution < 1.29 is 4.42 Å². The summed E-state index contributed by atoms with van der Waals surface area (Å²) in [5.41, 5.74) is 6.81. The molecule has 0 radical (unpaired) electrons. The number of hydrogen-bond acceptors (Lipinski definition) is 6. The fraction of sp³-hybridized carbons (Fsp3) is 0.429. The highest BCUT2D eigenvalue weighted by atomic mass is 16.3. The van der Waals surface area contributed by atoms with Gasteiger partial charge in [-0.05, 0) is 31.4 Å². The van der Waals surface area contributed by atoms with Crippen LogP contribution in [-0.2, 0) is 6.54 Å². The van der Waals surface area contributed by atoms with E-state index in [-0.39, 0.29) is 0 Å². The molecule has 1 fully saturated rings. The summed E-state index contributed by atoms with van der Waals surface area (Å²) >= 11 is 0. The minimum Gasteiger partial charge on any atom is -0.467 e. The van der Waals surface area contributed by atoms with E-state index in [9.17, 15) is 0 Å². The first-order chi connectivity index (χ1) is 9.84. The first kappa shape index (κ1) is 12.8. The van der Waals surface area contributed by atoms with Gasteiger partial charge in [0.1, 0.15) is 17.8 Å². The summed E-state index contributed by atoms with van der Waals surface area (Å²) in [7, 11) is 0. The normalized spacial score (nSPS) is 15.3. The highest BCUT2D eigenvalue weighted by molar-refractivity contribution is 5.74. The van der Waals surface area contributed by atoms with Gasteiger partial charge in [-0.2, -0.15) is 0 Å². The Morgan fingerprint density at radius 1 is 1.25 bits per heavy atom. The van der Waals surface area contributed by atoms with Gasteiger partial charge >= 0.3 is 0 Å². The molecule has 0 spiro atoms. The van der Waals surface area contributed by atoms with Crippen LogP contribution in [0, 0.1) is 0 Å². The lowest BCUT2D eigenvalue weighted by Crippen LogP contribution is -2.31. The van der Waals surface area contributed by atoms with E-state index in [1.165, 1.54) is 19.3 Å². The minimum absolute atomic E-state index is 0.563. The topological polar surface area (TPSA) is 80.2 Å². The van der Waals surface area contributed by atoms with Gasteiger partial charge in [0.15, 0.2) is 11.6 Å². The van der Waals surface area contributed by atoms with E-state index in [2.05, 4.69) is 20.2 Å². The second kappa shape index (κ2) is 5.81. The average molecular weight is 273 g/mol. The van der Waals surface area contributed by atoms with E-state index in [1.54, 1.807) is 12.6 Å². The molecule has 0 aliphatic carbocycles. The Bertz CT molecular complexity index is 549. The summed E-state index contributed by atoms with van der Waals surface area (Å²) in [5, 5.41) is 3.20. The van der Waals surface area contributed by atoms with Crippen LogP contribution in [0.3, 0.4) is 0 Å². The number of anilines is 3. The Labute approximate surface area is 118 Å². The Kier molecular flexibility index (Phi) is 3.71. The molecule has 0 saturated carbocycles. The van der Waals surface area contributed by atoms with E-state index in [0.717, 1.165) is 24.7 Å². The first-order valence-corrected chi connectivity index (χ1v) is 6.96. The largest absolute Gasteiger partial charge is 0.467 e. The van der Waals surface area contributed by atoms with Crippen LogP contribution in [-0.4, -0.2) is 23.1 Å². The van der Waals surface area contributed by atoms with Gasteiger partial charge in [0.05, 0.1) is 12.8 Å². The number of aromatic nitrogens is 2. The molecule has 0 aromatic carbocycles. The SMILES string of the molecule is Nc1c(NCc2ccco2)ncnc1N1CCCCC1. The summed E-state index contributed by atoms with van der Waals surface area (Å²) < 4.78 is 5.28. The number of piperidine rings is 1. The molecule has 6 nitrogen and oxygen atoms in total. The zero-order valence-electron chi connectivity index (χ0n) is 11.4. The number of nitrogens with zero attached hydrogens (tertiary/aromatic N) is 3. The Hall–Kier alpha value is -2.24. The number of nitrogen functional groups attached to an aromatic ring is 1. The van der Waals surface area contributed by atoms with Gasteiger partial charge in [-0.3, -0.25) is 0 Å². The van der Waals surface area contributed by atoms with Gasteiger partial charge < -0.3 is 20.4 Å². The molecule has 20 heavy (non-hydrogen) atoms. The predicted octanol–water partition coefficient (Wildman–Crippen LogP) is 2.25. The standard InChI is InChI=1S/C14H19N5O/c15-12-13(16-9-11-5-4-8-20-11)17-10-18-14(12)19-6-2-1-3-7-19/h4-5,8,10H,1-3,6-7,9,15H2,(H,16,17,18). The number of rotatable bonds is 4. The van der Waals surface area contributed by atoms with Crippen LogP contribution in [0.5, 0.6) is 0 Å². The molecular formula is C14H19N5O. The molecule has 1 aliphatic heterocycles. The second-order valence-corrected chi connectivity index (χ2v) is 4.94. The molecular weight excluding hydrogens is 254 g/mol. The lowest BCUT2D eigenvalue weighted by Gasteiger charge is -2.28. The van der Waals surface area contributed by atoms with Gasteiger partial charge in [0, 0.05) is 13.1 Å². The second-order valence-electron chi connectivity index (χ2n) is 4.94. The molecule has 3 heterocycles. The van der Waals surface area contributed by atoms with Crippen molar-refractivity contribution in [2.45, 2.75) is 25.8 Å². The number of hydrogen-bond donors (Lipinski definition) is 2. The van der Waals surface area contributed by atoms with Crippen molar-refractivity contribution in [3.05, 3.63) is 30.5 Å². The van der Waals surface area contributed by atoms with Gasteiger partial charge in [-0.15, -0.1) is 0 Å². The van der Waals surface area contributed by atoms with Gasteiger partial charge in [0.2, 0.25) is 0 Å². The maximum atomic E-state index is 6.19. The number of nitrogens with two attached hydrogens (primary N) is 1. The van der Waals surface area contributed by atoms with E-state index >= 15 is 0 Å². The molecule has 3 rings (SSSR count). The fourth-order valence-corrected chi connectivity index (χ4v) is 2.47. The van der Waals surface area contributed by atoms with Crippen molar-refractivity contribution in [3.8, 4) is 0 Å². The van der Waals surface area contributed by atoms with Crippen LogP contribution in [0.1, 0.15) is 25.0 Å². The van der Waals surface area contributed by atoms with Crippen LogP contribution < -0.4 is 16.0 Å². The minimum atomic E-state index is 0.563. The maximum Gasteiger partial charge on any atom is 0.157 e. The van der Waals surface area contributed by atoms with Crippen molar-refractivity contribution in [2.75, 3.05) is 29.0 Å². The Morgan fingerprint density at radius 3 is 2.85 bits per heavy atom. The van der Waals surface area contributed by atoms with E-state index in [4.69, 9.17) is 10.2 Å². The van der Waals surface area contributed by atoms with Crippen molar-refractivity contribution in [1.82, 2.24) is 9.97 Å². The van der Waals surface area contributed by atoms with Gasteiger partial charge in [0.25, 0.3) is 0 Å². The average Bonchev–Trinajstić information content (AvgIpc) is 3.00. The van der Waals surface area contributed by atoms with Crippen molar-refractivity contribution in [3.63, 3.8) is 0 Å².